The molecule has 1 aromatic heterocycles. The first-order valence-corrected chi connectivity index (χ1v) is 8.18. The molecule has 0 atom stereocenters. The molecule has 23 heavy (non-hydrogen) atoms. The largest absolute Gasteiger partial charge is 0.473 e. The lowest BCUT2D eigenvalue weighted by Gasteiger charge is -2.34. The second kappa shape index (κ2) is 6.62. The van der Waals surface area contributed by atoms with Gasteiger partial charge in [0.15, 0.2) is 0 Å². The predicted molar refractivity (Wildman–Crippen MR) is 91.4 cm³/mol. The van der Waals surface area contributed by atoms with Crippen molar-refractivity contribution in [3.8, 4) is 5.88 Å². The summed E-state index contributed by atoms with van der Waals surface area (Å²) in [7, 11) is 0. The smallest absolute Gasteiger partial charge is 0.352 e. The number of hydrogen-bond acceptors (Lipinski definition) is 4. The van der Waals surface area contributed by atoms with Crippen molar-refractivity contribution in [2.24, 2.45) is 0 Å². The van der Waals surface area contributed by atoms with Gasteiger partial charge < -0.3 is 9.64 Å². The number of benzene rings is 1. The van der Waals surface area contributed by atoms with Crippen LogP contribution in [0, 0.1) is 0 Å². The van der Waals surface area contributed by atoms with Crippen molar-refractivity contribution in [1.82, 2.24) is 9.55 Å². The molecule has 0 aliphatic carbocycles. The molecule has 0 saturated heterocycles. The van der Waals surface area contributed by atoms with Crippen molar-refractivity contribution >= 4 is 17.4 Å². The maximum atomic E-state index is 12.2. The Labute approximate surface area is 140 Å². The first kappa shape index (κ1) is 15.9. The number of aromatic nitrogens is 2. The molecule has 0 unspecified atom stereocenters. The zero-order valence-electron chi connectivity index (χ0n) is 13.3. The molecule has 0 bridgehead atoms. The Hall–Kier alpha value is -2.01. The molecule has 3 rings (SSSR count). The minimum Gasteiger partial charge on any atom is -0.473 e. The fraction of sp³-hybridized carbons (Fsp3) is 0.412. The van der Waals surface area contributed by atoms with Gasteiger partial charge in [-0.25, -0.2) is 4.79 Å². The molecule has 0 spiro atoms. The van der Waals surface area contributed by atoms with Gasteiger partial charge in [-0.15, -0.1) is 0 Å². The van der Waals surface area contributed by atoms with Crippen molar-refractivity contribution in [3.63, 3.8) is 0 Å². The molecular weight excluding hydrogens is 314 g/mol. The molecule has 122 valence electrons. The van der Waals surface area contributed by atoms with Gasteiger partial charge >= 0.3 is 5.69 Å². The Balaban J connectivity index is 1.83. The summed E-state index contributed by atoms with van der Waals surface area (Å²) in [6.45, 7) is 6.25. The lowest BCUT2D eigenvalue weighted by atomic mass is 10.2. The highest BCUT2D eigenvalue weighted by molar-refractivity contribution is 6.30. The molecule has 0 radical (unpaired) electrons. The van der Waals surface area contributed by atoms with Gasteiger partial charge in [-0.3, -0.25) is 4.57 Å². The lowest BCUT2D eigenvalue weighted by molar-refractivity contribution is 0.290. The zero-order valence-corrected chi connectivity index (χ0v) is 14.1. The number of anilines is 1. The molecule has 1 aromatic carbocycles. The molecule has 0 saturated carbocycles. The van der Waals surface area contributed by atoms with Crippen LogP contribution in [0.4, 0.5) is 5.82 Å². The SMILES string of the molecule is CC(C)N1CCCn2c1cc(OCc1ccc(Cl)cc1)nc2=O. The Morgan fingerprint density at radius 2 is 2.00 bits per heavy atom. The van der Waals surface area contributed by atoms with Crippen LogP contribution in [0.2, 0.25) is 5.02 Å². The predicted octanol–water partition coefficient (Wildman–Crippen LogP) is 3.09. The molecule has 6 heteroatoms. The molecule has 2 heterocycles. The molecule has 1 aliphatic rings. The van der Waals surface area contributed by atoms with Gasteiger partial charge in [-0.05, 0) is 38.0 Å². The van der Waals surface area contributed by atoms with Gasteiger partial charge in [-0.2, -0.15) is 4.98 Å². The van der Waals surface area contributed by atoms with Gasteiger partial charge in [0.1, 0.15) is 12.4 Å². The van der Waals surface area contributed by atoms with E-state index in [-0.39, 0.29) is 5.69 Å². The van der Waals surface area contributed by atoms with Gasteiger partial charge in [0, 0.05) is 30.2 Å². The summed E-state index contributed by atoms with van der Waals surface area (Å²) in [6.07, 6.45) is 0.956. The van der Waals surface area contributed by atoms with E-state index >= 15 is 0 Å². The van der Waals surface area contributed by atoms with Gasteiger partial charge in [-0.1, -0.05) is 23.7 Å². The standard InChI is InChI=1S/C17H20ClN3O2/c1-12(2)20-8-3-9-21-16(20)10-15(19-17(21)22)23-11-13-4-6-14(18)7-5-13/h4-7,10,12H,3,8-9,11H2,1-2H3. The van der Waals surface area contributed by atoms with E-state index in [0.717, 1.165) is 24.3 Å². The third kappa shape index (κ3) is 3.50. The Morgan fingerprint density at radius 1 is 1.26 bits per heavy atom. The highest BCUT2D eigenvalue weighted by Gasteiger charge is 2.21. The van der Waals surface area contributed by atoms with Gasteiger partial charge in [0.2, 0.25) is 5.88 Å². The fourth-order valence-corrected chi connectivity index (χ4v) is 2.90. The van der Waals surface area contributed by atoms with Gasteiger partial charge in [0.05, 0.1) is 0 Å². The van der Waals surface area contributed by atoms with E-state index in [0.29, 0.717) is 30.1 Å². The molecule has 1 aliphatic heterocycles. The van der Waals surface area contributed by atoms with Crippen LogP contribution in [0.25, 0.3) is 0 Å². The average molecular weight is 334 g/mol. The van der Waals surface area contributed by atoms with Crippen LogP contribution in [-0.4, -0.2) is 22.1 Å². The number of fused-ring (bicyclic) bond motifs is 1. The van der Waals surface area contributed by atoms with E-state index in [1.807, 2.05) is 30.3 Å². The Morgan fingerprint density at radius 3 is 2.70 bits per heavy atom. The van der Waals surface area contributed by atoms with E-state index in [9.17, 15) is 4.79 Å². The van der Waals surface area contributed by atoms with E-state index in [2.05, 4.69) is 23.7 Å². The molecular formula is C17H20ClN3O2. The fourth-order valence-electron chi connectivity index (χ4n) is 2.77. The van der Waals surface area contributed by atoms with Crippen LogP contribution in [0.3, 0.4) is 0 Å². The summed E-state index contributed by atoms with van der Waals surface area (Å²) in [6, 6.07) is 9.61. The van der Waals surface area contributed by atoms with Crippen LogP contribution in [0.1, 0.15) is 25.8 Å². The topological polar surface area (TPSA) is 47.4 Å². The summed E-state index contributed by atoms with van der Waals surface area (Å²) in [5.74, 6) is 1.25. The molecule has 0 N–H and O–H groups in total. The normalized spacial score (nSPS) is 14.0. The van der Waals surface area contributed by atoms with Crippen molar-refractivity contribution in [1.29, 1.82) is 0 Å². The highest BCUT2D eigenvalue weighted by atomic mass is 35.5. The van der Waals surface area contributed by atoms with Crippen molar-refractivity contribution in [2.75, 3.05) is 11.4 Å². The molecule has 5 nitrogen and oxygen atoms in total. The zero-order chi connectivity index (χ0) is 16.4. The minimum absolute atomic E-state index is 0.251. The third-order valence-electron chi connectivity index (χ3n) is 3.96. The minimum atomic E-state index is -0.251. The quantitative estimate of drug-likeness (QED) is 0.862. The van der Waals surface area contributed by atoms with E-state index < -0.39 is 0 Å². The summed E-state index contributed by atoms with van der Waals surface area (Å²) in [5, 5.41) is 0.687. The van der Waals surface area contributed by atoms with Crippen molar-refractivity contribution in [3.05, 3.63) is 51.4 Å². The summed E-state index contributed by atoms with van der Waals surface area (Å²) in [4.78, 5) is 18.5. The van der Waals surface area contributed by atoms with Crippen LogP contribution in [0.15, 0.2) is 35.1 Å². The van der Waals surface area contributed by atoms with Crippen LogP contribution >= 0.6 is 11.6 Å². The summed E-state index contributed by atoms with van der Waals surface area (Å²) >= 11 is 5.87. The van der Waals surface area contributed by atoms with Gasteiger partial charge in [0.25, 0.3) is 0 Å². The molecule has 0 amide bonds. The first-order valence-electron chi connectivity index (χ1n) is 7.80. The Kier molecular flexibility index (Phi) is 4.57. The van der Waals surface area contributed by atoms with Crippen LogP contribution in [0.5, 0.6) is 5.88 Å². The number of rotatable bonds is 4. The molecule has 2 aromatic rings. The average Bonchev–Trinajstić information content (AvgIpc) is 2.54. The highest BCUT2D eigenvalue weighted by Crippen LogP contribution is 2.24. The molecule has 0 fully saturated rings. The first-order chi connectivity index (χ1) is 11.0. The second-order valence-corrected chi connectivity index (χ2v) is 6.38. The summed E-state index contributed by atoms with van der Waals surface area (Å²) < 4.78 is 7.43. The number of nitrogens with zero attached hydrogens (tertiary/aromatic N) is 3. The number of hydrogen-bond donors (Lipinski definition) is 0. The summed E-state index contributed by atoms with van der Waals surface area (Å²) in [5.41, 5.74) is 0.730. The van der Waals surface area contributed by atoms with Crippen molar-refractivity contribution < 1.29 is 4.74 Å². The van der Waals surface area contributed by atoms with Crippen LogP contribution in [-0.2, 0) is 13.2 Å². The maximum absolute atomic E-state index is 12.2. The van der Waals surface area contributed by atoms with E-state index in [4.69, 9.17) is 16.3 Å². The Bertz CT molecular complexity index is 740. The van der Waals surface area contributed by atoms with Crippen LogP contribution < -0.4 is 15.3 Å². The number of halogens is 1. The third-order valence-corrected chi connectivity index (χ3v) is 4.22. The van der Waals surface area contributed by atoms with E-state index in [1.165, 1.54) is 0 Å². The van der Waals surface area contributed by atoms with E-state index in [1.54, 1.807) is 4.57 Å². The second-order valence-electron chi connectivity index (χ2n) is 5.94. The number of ether oxygens (including phenoxy) is 1. The monoisotopic (exact) mass is 333 g/mol. The maximum Gasteiger partial charge on any atom is 0.352 e. The lowest BCUT2D eigenvalue weighted by Crippen LogP contribution is -2.42. The van der Waals surface area contributed by atoms with Crippen molar-refractivity contribution in [2.45, 2.75) is 39.5 Å².